The van der Waals surface area contributed by atoms with E-state index in [1.54, 1.807) is 6.08 Å². The van der Waals surface area contributed by atoms with Crippen LogP contribution in [-0.2, 0) is 11.3 Å². The van der Waals surface area contributed by atoms with E-state index in [9.17, 15) is 18.4 Å². The number of halogens is 2. The molecular formula is C13H14F2N2O3. The minimum Gasteiger partial charge on any atom is -0.481 e. The molecule has 108 valence electrons. The first-order valence-electron chi connectivity index (χ1n) is 6.12. The summed E-state index contributed by atoms with van der Waals surface area (Å²) in [5, 5.41) is 11.5. The Morgan fingerprint density at radius 1 is 1.45 bits per heavy atom. The van der Waals surface area contributed by atoms with Crippen molar-refractivity contribution in [1.82, 2.24) is 9.88 Å². The summed E-state index contributed by atoms with van der Waals surface area (Å²) in [6.07, 6.45) is 2.27. The van der Waals surface area contributed by atoms with Gasteiger partial charge in [0.2, 0.25) is 0 Å². The summed E-state index contributed by atoms with van der Waals surface area (Å²) >= 11 is 0. The Hall–Kier alpha value is -2.18. The summed E-state index contributed by atoms with van der Waals surface area (Å²) in [5.74, 6) is -2.05. The average Bonchev–Trinajstić information content (AvgIpc) is 2.97. The summed E-state index contributed by atoms with van der Waals surface area (Å²) in [7, 11) is 0. The normalized spacial score (nSPS) is 21.4. The molecule has 2 rings (SSSR count). The lowest BCUT2D eigenvalue weighted by Crippen LogP contribution is -2.34. The molecule has 1 aromatic rings. The molecule has 0 saturated carbocycles. The van der Waals surface area contributed by atoms with Crippen molar-refractivity contribution >= 4 is 11.9 Å². The molecular weight excluding hydrogens is 270 g/mol. The van der Waals surface area contributed by atoms with Crippen LogP contribution in [0.25, 0.3) is 0 Å². The number of carboxylic acid groups (broad SMARTS) is 1. The van der Waals surface area contributed by atoms with Gasteiger partial charge in [-0.1, -0.05) is 12.2 Å². The second-order valence-electron chi connectivity index (χ2n) is 4.58. The average molecular weight is 284 g/mol. The van der Waals surface area contributed by atoms with Crippen LogP contribution in [0.5, 0.6) is 0 Å². The van der Waals surface area contributed by atoms with Crippen molar-refractivity contribution in [2.24, 2.45) is 5.92 Å². The molecule has 1 aromatic heterocycles. The molecule has 0 bridgehead atoms. The molecule has 2 unspecified atom stereocenters. The van der Waals surface area contributed by atoms with Gasteiger partial charge in [0.05, 0.1) is 12.5 Å². The molecule has 2 N–H and O–H groups in total. The zero-order chi connectivity index (χ0) is 14.7. The molecule has 1 aliphatic carbocycles. The van der Waals surface area contributed by atoms with E-state index in [1.165, 1.54) is 29.0 Å². The maximum Gasteiger partial charge on any atom is 0.310 e. The minimum atomic E-state index is -2.54. The largest absolute Gasteiger partial charge is 0.481 e. The molecule has 20 heavy (non-hydrogen) atoms. The highest BCUT2D eigenvalue weighted by molar-refractivity contribution is 5.93. The Kier molecular flexibility index (Phi) is 4.16. The summed E-state index contributed by atoms with van der Waals surface area (Å²) in [4.78, 5) is 22.8. The number of carbonyl (C=O) groups excluding carboxylic acids is 1. The number of carbonyl (C=O) groups is 2. The van der Waals surface area contributed by atoms with Gasteiger partial charge in [-0.15, -0.1) is 0 Å². The molecule has 1 aliphatic rings. The van der Waals surface area contributed by atoms with Gasteiger partial charge in [0.25, 0.3) is 12.3 Å². The molecule has 0 aromatic carbocycles. The van der Waals surface area contributed by atoms with Gasteiger partial charge in [0.1, 0.15) is 5.69 Å². The van der Waals surface area contributed by atoms with Gasteiger partial charge < -0.3 is 15.0 Å². The van der Waals surface area contributed by atoms with Crippen LogP contribution in [0.1, 0.15) is 16.9 Å². The van der Waals surface area contributed by atoms with Crippen molar-refractivity contribution in [3.8, 4) is 0 Å². The third kappa shape index (κ3) is 3.23. The molecule has 7 heteroatoms. The van der Waals surface area contributed by atoms with E-state index in [0.29, 0.717) is 0 Å². The van der Waals surface area contributed by atoms with E-state index in [1.807, 2.05) is 0 Å². The third-order valence-electron chi connectivity index (χ3n) is 3.11. The second-order valence-corrected chi connectivity index (χ2v) is 4.58. The molecule has 0 saturated heterocycles. The molecule has 0 fully saturated rings. The molecule has 0 radical (unpaired) electrons. The highest BCUT2D eigenvalue weighted by atomic mass is 19.3. The Bertz CT molecular complexity index is 539. The molecule has 1 heterocycles. The number of carboxylic acids is 1. The standard InChI is InChI=1S/C13H14F2N2O3/c14-11(15)7-17-5-1-2-10(17)12(18)16-9-4-3-8(6-9)13(19)20/h1-5,8-9,11H,6-7H2,(H,16,18)(H,19,20). The van der Waals surface area contributed by atoms with Crippen molar-refractivity contribution in [2.45, 2.75) is 25.4 Å². The lowest BCUT2D eigenvalue weighted by Gasteiger charge is -2.13. The number of alkyl halides is 2. The summed E-state index contributed by atoms with van der Waals surface area (Å²) in [6.45, 7) is -0.548. The Labute approximate surface area is 113 Å². The number of rotatable bonds is 5. The molecule has 5 nitrogen and oxygen atoms in total. The van der Waals surface area contributed by atoms with E-state index in [2.05, 4.69) is 5.32 Å². The summed E-state index contributed by atoms with van der Waals surface area (Å²) < 4.78 is 25.9. The van der Waals surface area contributed by atoms with E-state index >= 15 is 0 Å². The fourth-order valence-electron chi connectivity index (χ4n) is 2.16. The number of hydrogen-bond acceptors (Lipinski definition) is 2. The summed E-state index contributed by atoms with van der Waals surface area (Å²) in [5.41, 5.74) is 0.137. The highest BCUT2D eigenvalue weighted by Gasteiger charge is 2.26. The second kappa shape index (κ2) is 5.85. The van der Waals surface area contributed by atoms with E-state index < -0.39 is 36.8 Å². The van der Waals surface area contributed by atoms with Gasteiger partial charge in [-0.05, 0) is 18.6 Å². The molecule has 0 aliphatic heterocycles. The van der Waals surface area contributed by atoms with Crippen LogP contribution in [0.4, 0.5) is 8.78 Å². The summed E-state index contributed by atoms with van der Waals surface area (Å²) in [6, 6.07) is 2.57. The maximum absolute atomic E-state index is 12.4. The monoisotopic (exact) mass is 284 g/mol. The Morgan fingerprint density at radius 3 is 2.80 bits per heavy atom. The van der Waals surface area contributed by atoms with E-state index in [-0.39, 0.29) is 12.1 Å². The highest BCUT2D eigenvalue weighted by Crippen LogP contribution is 2.18. The third-order valence-corrected chi connectivity index (χ3v) is 3.11. The van der Waals surface area contributed by atoms with Gasteiger partial charge in [-0.25, -0.2) is 8.78 Å². The topological polar surface area (TPSA) is 71.3 Å². The van der Waals surface area contributed by atoms with Crippen molar-refractivity contribution in [3.63, 3.8) is 0 Å². The van der Waals surface area contributed by atoms with Crippen LogP contribution in [0.3, 0.4) is 0 Å². The minimum absolute atomic E-state index is 0.137. The number of hydrogen-bond donors (Lipinski definition) is 2. The predicted octanol–water partition coefficient (Wildman–Crippen LogP) is 1.51. The molecule has 0 spiro atoms. The fraction of sp³-hybridized carbons (Fsp3) is 0.385. The van der Waals surface area contributed by atoms with Crippen molar-refractivity contribution < 1.29 is 23.5 Å². The van der Waals surface area contributed by atoms with Crippen LogP contribution in [-0.4, -0.2) is 34.0 Å². The lowest BCUT2D eigenvalue weighted by atomic mass is 10.1. The fourth-order valence-corrected chi connectivity index (χ4v) is 2.16. The first-order valence-corrected chi connectivity index (χ1v) is 6.12. The SMILES string of the molecule is O=C(NC1C=CC(C(=O)O)C1)c1cccn1CC(F)F. The quantitative estimate of drug-likeness (QED) is 0.805. The van der Waals surface area contributed by atoms with E-state index in [0.717, 1.165) is 0 Å². The van der Waals surface area contributed by atoms with Crippen molar-refractivity contribution in [1.29, 1.82) is 0 Å². The van der Waals surface area contributed by atoms with Crippen LogP contribution in [0.15, 0.2) is 30.5 Å². The Balaban J connectivity index is 1.98. The zero-order valence-electron chi connectivity index (χ0n) is 10.5. The van der Waals surface area contributed by atoms with Gasteiger partial charge >= 0.3 is 5.97 Å². The van der Waals surface area contributed by atoms with Gasteiger partial charge in [-0.2, -0.15) is 0 Å². The smallest absolute Gasteiger partial charge is 0.310 e. The number of nitrogens with zero attached hydrogens (tertiary/aromatic N) is 1. The van der Waals surface area contributed by atoms with E-state index in [4.69, 9.17) is 5.11 Å². The maximum atomic E-state index is 12.4. The molecule has 2 atom stereocenters. The van der Waals surface area contributed by atoms with Crippen LogP contribution in [0.2, 0.25) is 0 Å². The van der Waals surface area contributed by atoms with Gasteiger partial charge in [-0.3, -0.25) is 9.59 Å². The van der Waals surface area contributed by atoms with Crippen LogP contribution >= 0.6 is 0 Å². The number of aliphatic carboxylic acids is 1. The first-order chi connectivity index (χ1) is 9.47. The number of amides is 1. The lowest BCUT2D eigenvalue weighted by molar-refractivity contribution is -0.140. The Morgan fingerprint density at radius 2 is 2.20 bits per heavy atom. The predicted molar refractivity (Wildman–Crippen MR) is 66.6 cm³/mol. The number of aromatic nitrogens is 1. The van der Waals surface area contributed by atoms with Gasteiger partial charge in [0.15, 0.2) is 0 Å². The van der Waals surface area contributed by atoms with Crippen molar-refractivity contribution in [2.75, 3.05) is 0 Å². The number of nitrogens with one attached hydrogen (secondary N) is 1. The first kappa shape index (κ1) is 14.2. The zero-order valence-corrected chi connectivity index (χ0v) is 10.5. The molecule has 1 amide bonds. The van der Waals surface area contributed by atoms with Gasteiger partial charge in [0, 0.05) is 12.2 Å². The van der Waals surface area contributed by atoms with Crippen LogP contribution in [0, 0.1) is 5.92 Å². The van der Waals surface area contributed by atoms with Crippen molar-refractivity contribution in [3.05, 3.63) is 36.2 Å². The van der Waals surface area contributed by atoms with Crippen LogP contribution < -0.4 is 5.32 Å².